The van der Waals surface area contributed by atoms with E-state index in [0.717, 1.165) is 11.4 Å². The van der Waals surface area contributed by atoms with Gasteiger partial charge in [0.25, 0.3) is 0 Å². The number of ether oxygens (including phenoxy) is 1. The number of aromatic nitrogens is 2. The van der Waals surface area contributed by atoms with Crippen LogP contribution in [-0.2, 0) is 11.5 Å². The number of hydrogen-bond donors (Lipinski definition) is 0. The summed E-state index contributed by atoms with van der Waals surface area (Å²) in [6, 6.07) is 4.63. The van der Waals surface area contributed by atoms with Crippen LogP contribution in [0.5, 0.6) is 0 Å². The Hall–Kier alpha value is -0.723. The van der Waals surface area contributed by atoms with Crippen LogP contribution in [-0.4, -0.2) is 24.5 Å². The summed E-state index contributed by atoms with van der Waals surface area (Å²) < 4.78 is 21.7. The Morgan fingerprint density at radius 2 is 2.11 bits per heavy atom. The molecule has 0 aliphatic rings. The van der Waals surface area contributed by atoms with E-state index in [-0.39, 0.29) is 5.82 Å². The third-order valence-electron chi connectivity index (χ3n) is 2.90. The third-order valence-corrected chi connectivity index (χ3v) is 5.22. The lowest BCUT2D eigenvalue weighted by Crippen LogP contribution is -2.22. The molecule has 0 radical (unpaired) electrons. The molecule has 0 N–H and O–H groups in total. The van der Waals surface area contributed by atoms with Gasteiger partial charge in [0.2, 0.25) is 0 Å². The highest BCUT2D eigenvalue weighted by Gasteiger charge is 2.14. The normalized spacial score (nSPS) is 12.3. The Balaban J connectivity index is 2.07. The van der Waals surface area contributed by atoms with Crippen LogP contribution in [0.15, 0.2) is 22.8 Å². The standard InChI is InChI=1S/C13H18BrFN2OSi/c1-19(2,3)7-6-18-9-17-13-10(8-16-17)4-5-11(14)12(13)15/h4-5,8H,6-7,9H2,1-3H3. The fourth-order valence-electron chi connectivity index (χ4n) is 1.74. The van der Waals surface area contributed by atoms with Crippen molar-refractivity contribution in [3.63, 3.8) is 0 Å². The molecule has 6 heteroatoms. The summed E-state index contributed by atoms with van der Waals surface area (Å²) in [5, 5.41) is 4.96. The number of halogens is 2. The van der Waals surface area contributed by atoms with Crippen molar-refractivity contribution in [1.29, 1.82) is 0 Å². The Bertz CT molecular complexity index is 580. The molecule has 0 saturated heterocycles. The molecule has 0 aliphatic carbocycles. The van der Waals surface area contributed by atoms with Crippen LogP contribution in [0.4, 0.5) is 4.39 Å². The first-order valence-electron chi connectivity index (χ1n) is 6.26. The van der Waals surface area contributed by atoms with Crippen LogP contribution in [0, 0.1) is 5.82 Å². The summed E-state index contributed by atoms with van der Waals surface area (Å²) in [5.41, 5.74) is 0.488. The van der Waals surface area contributed by atoms with Gasteiger partial charge in [0.05, 0.1) is 10.7 Å². The summed E-state index contributed by atoms with van der Waals surface area (Å²) >= 11 is 3.19. The minimum Gasteiger partial charge on any atom is -0.360 e. The molecule has 1 aromatic carbocycles. The van der Waals surface area contributed by atoms with Crippen LogP contribution >= 0.6 is 15.9 Å². The van der Waals surface area contributed by atoms with Crippen molar-refractivity contribution in [3.8, 4) is 0 Å². The van der Waals surface area contributed by atoms with E-state index < -0.39 is 8.07 Å². The van der Waals surface area contributed by atoms with Crippen LogP contribution in [0.2, 0.25) is 25.7 Å². The first-order valence-corrected chi connectivity index (χ1v) is 10.8. The Morgan fingerprint density at radius 3 is 2.79 bits per heavy atom. The second-order valence-corrected chi connectivity index (χ2v) is 12.3. The molecule has 0 aliphatic heterocycles. The molecule has 0 amide bonds. The highest BCUT2D eigenvalue weighted by atomic mass is 79.9. The Labute approximate surface area is 121 Å². The number of benzene rings is 1. The lowest BCUT2D eigenvalue weighted by molar-refractivity contribution is 0.0813. The monoisotopic (exact) mass is 344 g/mol. The minimum atomic E-state index is -1.09. The third kappa shape index (κ3) is 3.64. The van der Waals surface area contributed by atoms with E-state index in [0.29, 0.717) is 23.3 Å². The lowest BCUT2D eigenvalue weighted by atomic mass is 10.2. The Morgan fingerprint density at radius 1 is 1.37 bits per heavy atom. The van der Waals surface area contributed by atoms with E-state index in [2.05, 4.69) is 40.7 Å². The zero-order valence-corrected chi connectivity index (χ0v) is 14.0. The van der Waals surface area contributed by atoms with E-state index in [4.69, 9.17) is 4.74 Å². The minimum absolute atomic E-state index is 0.288. The molecule has 0 unspecified atom stereocenters. The molecule has 0 atom stereocenters. The van der Waals surface area contributed by atoms with Gasteiger partial charge in [-0.15, -0.1) is 0 Å². The molecular weight excluding hydrogens is 327 g/mol. The average Bonchev–Trinajstić information content (AvgIpc) is 2.72. The summed E-state index contributed by atoms with van der Waals surface area (Å²) in [6.45, 7) is 7.90. The van der Waals surface area contributed by atoms with Gasteiger partial charge in [-0.2, -0.15) is 5.10 Å². The van der Waals surface area contributed by atoms with E-state index in [9.17, 15) is 4.39 Å². The number of rotatable bonds is 5. The number of hydrogen-bond acceptors (Lipinski definition) is 2. The quantitative estimate of drug-likeness (QED) is 0.598. The summed E-state index contributed by atoms with van der Waals surface area (Å²) in [4.78, 5) is 0. The first-order chi connectivity index (χ1) is 8.88. The number of fused-ring (bicyclic) bond motifs is 1. The van der Waals surface area contributed by atoms with Gasteiger partial charge in [0.15, 0.2) is 5.82 Å². The van der Waals surface area contributed by atoms with Crippen LogP contribution < -0.4 is 0 Å². The fraction of sp³-hybridized carbons (Fsp3) is 0.462. The van der Waals surface area contributed by atoms with Crippen LogP contribution in [0.25, 0.3) is 10.9 Å². The van der Waals surface area contributed by atoms with Gasteiger partial charge in [-0.05, 0) is 34.1 Å². The van der Waals surface area contributed by atoms with Crippen LogP contribution in [0.1, 0.15) is 0 Å². The number of nitrogens with zero attached hydrogens (tertiary/aromatic N) is 2. The summed E-state index contributed by atoms with van der Waals surface area (Å²) in [7, 11) is -1.09. The molecule has 2 aromatic rings. The lowest BCUT2D eigenvalue weighted by Gasteiger charge is -2.15. The fourth-order valence-corrected chi connectivity index (χ4v) is 2.81. The van der Waals surface area contributed by atoms with Crippen molar-refractivity contribution in [2.45, 2.75) is 32.4 Å². The van der Waals surface area contributed by atoms with E-state index in [1.54, 1.807) is 16.9 Å². The molecule has 1 heterocycles. The molecule has 0 bridgehead atoms. The molecular formula is C13H18BrFN2OSi. The molecule has 2 rings (SSSR count). The van der Waals surface area contributed by atoms with Gasteiger partial charge >= 0.3 is 0 Å². The topological polar surface area (TPSA) is 27.1 Å². The molecule has 0 spiro atoms. The van der Waals surface area contributed by atoms with Crippen molar-refractivity contribution in [3.05, 3.63) is 28.6 Å². The van der Waals surface area contributed by atoms with Gasteiger partial charge in [-0.1, -0.05) is 19.6 Å². The van der Waals surface area contributed by atoms with Crippen molar-refractivity contribution >= 4 is 34.9 Å². The average molecular weight is 345 g/mol. The summed E-state index contributed by atoms with van der Waals surface area (Å²) in [5.74, 6) is -0.288. The first kappa shape index (κ1) is 14.7. The smallest absolute Gasteiger partial charge is 0.163 e. The van der Waals surface area contributed by atoms with Gasteiger partial charge in [0, 0.05) is 20.1 Å². The largest absolute Gasteiger partial charge is 0.360 e. The van der Waals surface area contributed by atoms with E-state index in [1.165, 1.54) is 0 Å². The van der Waals surface area contributed by atoms with Gasteiger partial charge in [0.1, 0.15) is 12.2 Å². The van der Waals surface area contributed by atoms with E-state index >= 15 is 0 Å². The van der Waals surface area contributed by atoms with Gasteiger partial charge in [-0.25, -0.2) is 9.07 Å². The maximum absolute atomic E-state index is 14.0. The van der Waals surface area contributed by atoms with Crippen LogP contribution in [0.3, 0.4) is 0 Å². The predicted molar refractivity (Wildman–Crippen MR) is 81.5 cm³/mol. The summed E-state index contributed by atoms with van der Waals surface area (Å²) in [6.07, 6.45) is 1.66. The van der Waals surface area contributed by atoms with Crippen molar-refractivity contribution in [2.24, 2.45) is 0 Å². The van der Waals surface area contributed by atoms with Crippen molar-refractivity contribution in [2.75, 3.05) is 6.61 Å². The molecule has 0 saturated carbocycles. The zero-order valence-electron chi connectivity index (χ0n) is 11.4. The highest BCUT2D eigenvalue weighted by molar-refractivity contribution is 9.10. The predicted octanol–water partition coefficient (Wildman–Crippen LogP) is 4.25. The maximum atomic E-state index is 14.0. The molecule has 1 aromatic heterocycles. The van der Waals surface area contributed by atoms with Crippen molar-refractivity contribution in [1.82, 2.24) is 9.78 Å². The Kier molecular flexibility index (Phi) is 4.42. The second-order valence-electron chi connectivity index (χ2n) is 5.79. The SMILES string of the molecule is C[Si](C)(C)CCOCn1ncc2ccc(Br)c(F)c21. The van der Waals surface area contributed by atoms with Gasteiger partial charge in [-0.3, -0.25) is 0 Å². The zero-order chi connectivity index (χ0) is 14.0. The molecule has 19 heavy (non-hydrogen) atoms. The maximum Gasteiger partial charge on any atom is 0.163 e. The molecule has 0 fully saturated rings. The van der Waals surface area contributed by atoms with Gasteiger partial charge < -0.3 is 4.74 Å². The second kappa shape index (κ2) is 5.72. The van der Waals surface area contributed by atoms with E-state index in [1.807, 2.05) is 6.07 Å². The van der Waals surface area contributed by atoms with Crippen molar-refractivity contribution < 1.29 is 9.13 Å². The molecule has 3 nitrogen and oxygen atoms in total. The molecule has 104 valence electrons. The highest BCUT2D eigenvalue weighted by Crippen LogP contribution is 2.24.